The van der Waals surface area contributed by atoms with Crippen LogP contribution < -0.4 is 0 Å². The minimum absolute atomic E-state index is 0.0446. The summed E-state index contributed by atoms with van der Waals surface area (Å²) in [4.78, 5) is -0.0637. The molecule has 3 nitrogen and oxygen atoms in total. The first-order valence-electron chi connectivity index (χ1n) is 7.86. The Bertz CT molecular complexity index is 809. The SMILES string of the molecule is O=S(=O)(O)c1cccc(-c2ccccc2C2(P)CCCCC2)c1. The molecule has 2 aromatic rings. The van der Waals surface area contributed by atoms with Crippen LogP contribution in [0.15, 0.2) is 53.4 Å². The molecule has 0 heterocycles. The van der Waals surface area contributed by atoms with E-state index in [9.17, 15) is 13.0 Å². The van der Waals surface area contributed by atoms with Gasteiger partial charge in [-0.25, -0.2) is 0 Å². The van der Waals surface area contributed by atoms with Gasteiger partial charge in [-0.05, 0) is 41.7 Å². The number of rotatable bonds is 3. The van der Waals surface area contributed by atoms with Crippen molar-refractivity contribution in [2.75, 3.05) is 0 Å². The second kappa shape index (κ2) is 6.35. The molecule has 1 aliphatic carbocycles. The molecule has 1 fully saturated rings. The molecule has 0 aliphatic heterocycles. The maximum Gasteiger partial charge on any atom is 0.294 e. The molecule has 3 rings (SSSR count). The fourth-order valence-electron chi connectivity index (χ4n) is 3.45. The van der Waals surface area contributed by atoms with Crippen LogP contribution in [0.3, 0.4) is 0 Å². The lowest BCUT2D eigenvalue weighted by atomic mass is 9.80. The molecule has 1 atom stereocenters. The van der Waals surface area contributed by atoms with Crippen LogP contribution in [0.25, 0.3) is 11.1 Å². The van der Waals surface area contributed by atoms with Crippen LogP contribution in [-0.2, 0) is 15.3 Å². The molecular weight excluding hydrogens is 327 g/mol. The Hall–Kier alpha value is -1.22. The lowest BCUT2D eigenvalue weighted by molar-refractivity contribution is 0.407. The third-order valence-corrected chi connectivity index (χ3v) is 6.39. The van der Waals surface area contributed by atoms with Gasteiger partial charge in [0, 0.05) is 5.16 Å². The normalized spacial score (nSPS) is 17.8. The van der Waals surface area contributed by atoms with Gasteiger partial charge in [-0.2, -0.15) is 8.42 Å². The summed E-state index contributed by atoms with van der Waals surface area (Å²) < 4.78 is 32.1. The molecule has 1 N–H and O–H groups in total. The lowest BCUT2D eigenvalue weighted by Crippen LogP contribution is -2.22. The average molecular weight is 348 g/mol. The lowest BCUT2D eigenvalue weighted by Gasteiger charge is -2.35. The van der Waals surface area contributed by atoms with Gasteiger partial charge in [-0.15, -0.1) is 9.24 Å². The van der Waals surface area contributed by atoms with Gasteiger partial charge in [-0.3, -0.25) is 4.55 Å². The zero-order chi connectivity index (χ0) is 16.5. The van der Waals surface area contributed by atoms with Gasteiger partial charge in [-0.1, -0.05) is 55.7 Å². The second-order valence-corrected chi connectivity index (χ2v) is 8.79. The van der Waals surface area contributed by atoms with Gasteiger partial charge in [0.25, 0.3) is 10.1 Å². The first-order valence-corrected chi connectivity index (χ1v) is 9.88. The molecule has 0 aromatic heterocycles. The maximum absolute atomic E-state index is 11.4. The van der Waals surface area contributed by atoms with E-state index in [2.05, 4.69) is 15.3 Å². The third kappa shape index (κ3) is 3.50. The Morgan fingerprint density at radius 3 is 2.35 bits per heavy atom. The van der Waals surface area contributed by atoms with Crippen LogP contribution in [0.2, 0.25) is 0 Å². The van der Waals surface area contributed by atoms with Gasteiger partial charge in [0.15, 0.2) is 0 Å². The summed E-state index contributed by atoms with van der Waals surface area (Å²) in [5.41, 5.74) is 3.09. The molecule has 0 bridgehead atoms. The van der Waals surface area contributed by atoms with E-state index in [0.717, 1.165) is 24.0 Å². The zero-order valence-corrected chi connectivity index (χ0v) is 14.9. The van der Waals surface area contributed by atoms with Crippen LogP contribution in [0.5, 0.6) is 0 Å². The molecule has 1 saturated carbocycles. The third-order valence-electron chi connectivity index (χ3n) is 4.65. The molecule has 23 heavy (non-hydrogen) atoms. The number of benzene rings is 2. The second-order valence-electron chi connectivity index (χ2n) is 6.27. The van der Waals surface area contributed by atoms with Crippen molar-refractivity contribution in [1.29, 1.82) is 0 Å². The van der Waals surface area contributed by atoms with E-state index < -0.39 is 10.1 Å². The van der Waals surface area contributed by atoms with Crippen molar-refractivity contribution in [1.82, 2.24) is 0 Å². The Kier molecular flexibility index (Phi) is 4.59. The number of hydrogen-bond donors (Lipinski definition) is 1. The van der Waals surface area contributed by atoms with Crippen LogP contribution in [0.1, 0.15) is 37.7 Å². The highest BCUT2D eigenvalue weighted by atomic mass is 32.2. The van der Waals surface area contributed by atoms with Gasteiger partial charge >= 0.3 is 0 Å². The van der Waals surface area contributed by atoms with Crippen LogP contribution >= 0.6 is 9.24 Å². The summed E-state index contributed by atoms with van der Waals surface area (Å²) in [6, 6.07) is 14.7. The van der Waals surface area contributed by atoms with Gasteiger partial charge in [0.2, 0.25) is 0 Å². The molecule has 1 unspecified atom stereocenters. The molecule has 0 spiro atoms. The van der Waals surface area contributed by atoms with Crippen molar-refractivity contribution >= 4 is 19.4 Å². The average Bonchev–Trinajstić information content (AvgIpc) is 2.55. The van der Waals surface area contributed by atoms with Crippen molar-refractivity contribution in [3.63, 3.8) is 0 Å². The van der Waals surface area contributed by atoms with Crippen LogP contribution in [0, 0.1) is 0 Å². The molecule has 0 amide bonds. The smallest absolute Gasteiger partial charge is 0.282 e. The van der Waals surface area contributed by atoms with Gasteiger partial charge < -0.3 is 0 Å². The Labute approximate surface area is 140 Å². The zero-order valence-electron chi connectivity index (χ0n) is 12.9. The van der Waals surface area contributed by atoms with E-state index in [1.807, 2.05) is 24.3 Å². The summed E-state index contributed by atoms with van der Waals surface area (Å²) in [6.07, 6.45) is 5.93. The predicted molar refractivity (Wildman–Crippen MR) is 96.2 cm³/mol. The van der Waals surface area contributed by atoms with Crippen molar-refractivity contribution < 1.29 is 13.0 Å². The predicted octanol–water partition coefficient (Wildman–Crippen LogP) is 4.63. The molecular formula is C18H21O3PS. The van der Waals surface area contributed by atoms with Gasteiger partial charge in [0.05, 0.1) is 4.90 Å². The quantitative estimate of drug-likeness (QED) is 0.650. The van der Waals surface area contributed by atoms with E-state index in [1.165, 1.54) is 30.9 Å². The highest BCUT2D eigenvalue weighted by Crippen LogP contribution is 2.48. The first kappa shape index (κ1) is 16.6. The van der Waals surface area contributed by atoms with Crippen LogP contribution in [0.4, 0.5) is 0 Å². The van der Waals surface area contributed by atoms with Crippen molar-refractivity contribution in [2.24, 2.45) is 0 Å². The number of hydrogen-bond acceptors (Lipinski definition) is 2. The van der Waals surface area contributed by atoms with E-state index in [4.69, 9.17) is 0 Å². The highest BCUT2D eigenvalue weighted by Gasteiger charge is 2.31. The summed E-state index contributed by atoms with van der Waals surface area (Å²) in [7, 11) is -1.16. The summed E-state index contributed by atoms with van der Waals surface area (Å²) in [5.74, 6) is 0. The van der Waals surface area contributed by atoms with E-state index in [0.29, 0.717) is 0 Å². The minimum atomic E-state index is -4.19. The first-order chi connectivity index (χ1) is 10.9. The van der Waals surface area contributed by atoms with Gasteiger partial charge in [0.1, 0.15) is 0 Å². The Morgan fingerprint density at radius 2 is 1.65 bits per heavy atom. The fourth-order valence-corrected chi connectivity index (χ4v) is 4.63. The molecule has 0 saturated heterocycles. The standard InChI is InChI=1S/C18H21O3PS/c19-23(20,21)15-8-6-7-14(13-15)16-9-2-3-10-17(16)18(22)11-4-1-5-12-18/h2-3,6-10,13H,1,4-5,11-12,22H2,(H,19,20,21). The van der Waals surface area contributed by atoms with E-state index >= 15 is 0 Å². The summed E-state index contributed by atoms with van der Waals surface area (Å²) in [5, 5.41) is 0.0446. The monoisotopic (exact) mass is 348 g/mol. The highest BCUT2D eigenvalue weighted by molar-refractivity contribution is 7.85. The van der Waals surface area contributed by atoms with E-state index in [1.54, 1.807) is 12.1 Å². The Balaban J connectivity index is 2.11. The summed E-state index contributed by atoms with van der Waals surface area (Å²) in [6.45, 7) is 0. The van der Waals surface area contributed by atoms with Crippen molar-refractivity contribution in [2.45, 2.75) is 42.2 Å². The minimum Gasteiger partial charge on any atom is -0.282 e. The molecule has 0 radical (unpaired) electrons. The topological polar surface area (TPSA) is 54.4 Å². The molecule has 122 valence electrons. The van der Waals surface area contributed by atoms with Crippen molar-refractivity contribution in [3.05, 3.63) is 54.1 Å². The Morgan fingerprint density at radius 1 is 0.957 bits per heavy atom. The van der Waals surface area contributed by atoms with E-state index in [-0.39, 0.29) is 10.1 Å². The largest absolute Gasteiger partial charge is 0.294 e. The van der Waals surface area contributed by atoms with Crippen LogP contribution in [-0.4, -0.2) is 13.0 Å². The fraction of sp³-hybridized carbons (Fsp3) is 0.333. The van der Waals surface area contributed by atoms with Crippen molar-refractivity contribution in [3.8, 4) is 11.1 Å². The molecule has 5 heteroatoms. The summed E-state index contributed by atoms with van der Waals surface area (Å²) >= 11 is 0. The maximum atomic E-state index is 11.4. The molecule has 1 aliphatic rings. The molecule has 2 aromatic carbocycles.